The molecule has 0 saturated carbocycles. The van der Waals surface area contributed by atoms with Crippen molar-refractivity contribution >= 4 is 11.6 Å². The largest absolute Gasteiger partial charge is 0.312 e. The summed E-state index contributed by atoms with van der Waals surface area (Å²) in [5.41, 5.74) is 1.48. The van der Waals surface area contributed by atoms with Crippen LogP contribution in [0, 0.1) is 12.7 Å². The summed E-state index contributed by atoms with van der Waals surface area (Å²) in [5.74, 6) is -0.174. The molecule has 1 saturated heterocycles. The summed E-state index contributed by atoms with van der Waals surface area (Å²) in [7, 11) is 0. The molecule has 0 aromatic heterocycles. The van der Waals surface area contributed by atoms with Crippen LogP contribution in [0.3, 0.4) is 0 Å². The number of benzene rings is 1. The molecule has 2 nitrogen and oxygen atoms in total. The minimum atomic E-state index is -0.174. The SMILES string of the molecule is Cc1cc(Cl)c(CN2CCNC(C)C2)cc1F. The molecular formula is C13H18ClFN2. The van der Waals surface area contributed by atoms with Crippen LogP contribution in [0.15, 0.2) is 12.1 Å². The molecule has 1 atom stereocenters. The Labute approximate surface area is 107 Å². The van der Waals surface area contributed by atoms with Gasteiger partial charge in [0.05, 0.1) is 0 Å². The summed E-state index contributed by atoms with van der Waals surface area (Å²) in [6, 6.07) is 3.75. The molecule has 1 N–H and O–H groups in total. The van der Waals surface area contributed by atoms with Gasteiger partial charge in [-0.15, -0.1) is 0 Å². The monoisotopic (exact) mass is 256 g/mol. The minimum Gasteiger partial charge on any atom is -0.312 e. The average Bonchev–Trinajstić information content (AvgIpc) is 2.26. The number of rotatable bonds is 2. The van der Waals surface area contributed by atoms with Crippen LogP contribution >= 0.6 is 11.6 Å². The zero-order chi connectivity index (χ0) is 12.4. The van der Waals surface area contributed by atoms with Gasteiger partial charge in [-0.1, -0.05) is 11.6 Å². The maximum Gasteiger partial charge on any atom is 0.126 e. The molecule has 0 aliphatic carbocycles. The molecule has 1 aromatic rings. The van der Waals surface area contributed by atoms with Crippen LogP contribution in [-0.4, -0.2) is 30.6 Å². The van der Waals surface area contributed by atoms with Crippen molar-refractivity contribution in [2.24, 2.45) is 0 Å². The molecule has 2 rings (SSSR count). The highest BCUT2D eigenvalue weighted by Crippen LogP contribution is 2.22. The van der Waals surface area contributed by atoms with Crippen molar-refractivity contribution in [3.05, 3.63) is 34.1 Å². The predicted octanol–water partition coefficient (Wildman–Crippen LogP) is 2.58. The van der Waals surface area contributed by atoms with E-state index >= 15 is 0 Å². The number of piperazine rings is 1. The number of hydrogen-bond donors (Lipinski definition) is 1. The quantitative estimate of drug-likeness (QED) is 0.875. The lowest BCUT2D eigenvalue weighted by Gasteiger charge is -2.32. The molecule has 1 aliphatic heterocycles. The fourth-order valence-corrected chi connectivity index (χ4v) is 2.48. The molecule has 0 amide bonds. The van der Waals surface area contributed by atoms with E-state index in [1.807, 2.05) is 0 Å². The number of nitrogens with one attached hydrogen (secondary N) is 1. The highest BCUT2D eigenvalue weighted by Gasteiger charge is 2.17. The molecule has 0 spiro atoms. The Morgan fingerprint density at radius 2 is 2.29 bits per heavy atom. The van der Waals surface area contributed by atoms with E-state index in [2.05, 4.69) is 17.1 Å². The Bertz CT molecular complexity index is 409. The lowest BCUT2D eigenvalue weighted by Crippen LogP contribution is -2.48. The van der Waals surface area contributed by atoms with Crippen LogP contribution in [0.4, 0.5) is 4.39 Å². The van der Waals surface area contributed by atoms with Crippen molar-refractivity contribution in [1.82, 2.24) is 10.2 Å². The molecule has 1 unspecified atom stereocenters. The third-order valence-corrected chi connectivity index (χ3v) is 3.53. The van der Waals surface area contributed by atoms with Gasteiger partial charge in [0.1, 0.15) is 5.82 Å². The first kappa shape index (κ1) is 12.8. The molecule has 1 fully saturated rings. The Hall–Kier alpha value is -0.640. The molecule has 17 heavy (non-hydrogen) atoms. The van der Waals surface area contributed by atoms with E-state index in [9.17, 15) is 4.39 Å². The van der Waals surface area contributed by atoms with Gasteiger partial charge in [-0.2, -0.15) is 0 Å². The Balaban J connectivity index is 2.10. The molecule has 1 aliphatic rings. The summed E-state index contributed by atoms with van der Waals surface area (Å²) in [4.78, 5) is 2.30. The van der Waals surface area contributed by atoms with Crippen molar-refractivity contribution in [1.29, 1.82) is 0 Å². The standard InChI is InChI=1S/C13H18ClFN2/c1-9-5-12(14)11(6-13(9)15)8-17-4-3-16-10(2)7-17/h5-6,10,16H,3-4,7-8H2,1-2H3. The second kappa shape index (κ2) is 5.34. The number of aryl methyl sites for hydroxylation is 1. The fourth-order valence-electron chi connectivity index (χ4n) is 2.21. The molecule has 1 heterocycles. The van der Waals surface area contributed by atoms with E-state index in [-0.39, 0.29) is 5.82 Å². The number of nitrogens with zero attached hydrogens (tertiary/aromatic N) is 1. The van der Waals surface area contributed by atoms with Crippen molar-refractivity contribution < 1.29 is 4.39 Å². The van der Waals surface area contributed by atoms with Gasteiger partial charge in [-0.05, 0) is 37.1 Å². The van der Waals surface area contributed by atoms with Crippen LogP contribution in [-0.2, 0) is 6.54 Å². The van der Waals surface area contributed by atoms with Crippen LogP contribution in [0.2, 0.25) is 5.02 Å². The summed E-state index contributed by atoms with van der Waals surface area (Å²) in [6.07, 6.45) is 0. The second-order valence-electron chi connectivity index (χ2n) is 4.78. The fraction of sp³-hybridized carbons (Fsp3) is 0.538. The molecular weight excluding hydrogens is 239 g/mol. The van der Waals surface area contributed by atoms with Gasteiger partial charge in [0.25, 0.3) is 0 Å². The lowest BCUT2D eigenvalue weighted by atomic mass is 10.1. The first-order chi connectivity index (χ1) is 8.06. The maximum absolute atomic E-state index is 13.5. The summed E-state index contributed by atoms with van der Waals surface area (Å²) in [6.45, 7) is 7.55. The van der Waals surface area contributed by atoms with Gasteiger partial charge in [0, 0.05) is 37.2 Å². The zero-order valence-corrected chi connectivity index (χ0v) is 11.0. The van der Waals surface area contributed by atoms with E-state index < -0.39 is 0 Å². The highest BCUT2D eigenvalue weighted by atomic mass is 35.5. The summed E-state index contributed by atoms with van der Waals surface area (Å²) < 4.78 is 13.5. The molecule has 0 radical (unpaired) electrons. The summed E-state index contributed by atoms with van der Waals surface area (Å²) in [5, 5.41) is 4.05. The van der Waals surface area contributed by atoms with Gasteiger partial charge >= 0.3 is 0 Å². The molecule has 0 bridgehead atoms. The third kappa shape index (κ3) is 3.18. The average molecular weight is 257 g/mol. The van der Waals surface area contributed by atoms with Gasteiger partial charge in [0.2, 0.25) is 0 Å². The van der Waals surface area contributed by atoms with Crippen LogP contribution < -0.4 is 5.32 Å². The maximum atomic E-state index is 13.5. The van der Waals surface area contributed by atoms with E-state index in [1.54, 1.807) is 19.1 Å². The normalized spacial score (nSPS) is 21.8. The summed E-state index contributed by atoms with van der Waals surface area (Å²) >= 11 is 6.15. The highest BCUT2D eigenvalue weighted by molar-refractivity contribution is 6.31. The van der Waals surface area contributed by atoms with Crippen molar-refractivity contribution in [2.45, 2.75) is 26.4 Å². The first-order valence-electron chi connectivity index (χ1n) is 5.96. The number of halogens is 2. The van der Waals surface area contributed by atoms with Crippen LogP contribution in [0.25, 0.3) is 0 Å². The predicted molar refractivity (Wildman–Crippen MR) is 68.9 cm³/mol. The van der Waals surface area contributed by atoms with Crippen molar-refractivity contribution in [2.75, 3.05) is 19.6 Å². The smallest absolute Gasteiger partial charge is 0.126 e. The molecule has 94 valence electrons. The van der Waals surface area contributed by atoms with E-state index in [4.69, 9.17) is 11.6 Å². The van der Waals surface area contributed by atoms with Crippen molar-refractivity contribution in [3.63, 3.8) is 0 Å². The van der Waals surface area contributed by atoms with Gasteiger partial charge < -0.3 is 5.32 Å². The van der Waals surface area contributed by atoms with Gasteiger partial charge in [-0.25, -0.2) is 4.39 Å². The Morgan fingerprint density at radius 1 is 1.53 bits per heavy atom. The first-order valence-corrected chi connectivity index (χ1v) is 6.34. The molecule has 4 heteroatoms. The Kier molecular flexibility index (Phi) is 4.02. The molecule has 1 aromatic carbocycles. The lowest BCUT2D eigenvalue weighted by molar-refractivity contribution is 0.199. The van der Waals surface area contributed by atoms with Crippen molar-refractivity contribution in [3.8, 4) is 0 Å². The zero-order valence-electron chi connectivity index (χ0n) is 10.3. The minimum absolute atomic E-state index is 0.174. The number of hydrogen-bond acceptors (Lipinski definition) is 2. The van der Waals surface area contributed by atoms with Crippen LogP contribution in [0.5, 0.6) is 0 Å². The topological polar surface area (TPSA) is 15.3 Å². The van der Waals surface area contributed by atoms with Gasteiger partial charge in [-0.3, -0.25) is 4.90 Å². The Morgan fingerprint density at radius 3 is 3.00 bits per heavy atom. The van der Waals surface area contributed by atoms with Gasteiger partial charge in [0.15, 0.2) is 0 Å². The third-order valence-electron chi connectivity index (χ3n) is 3.17. The second-order valence-corrected chi connectivity index (χ2v) is 5.19. The van der Waals surface area contributed by atoms with Crippen LogP contribution in [0.1, 0.15) is 18.1 Å². The van der Waals surface area contributed by atoms with E-state index in [0.717, 1.165) is 31.7 Å². The van der Waals surface area contributed by atoms with E-state index in [0.29, 0.717) is 16.6 Å². The van der Waals surface area contributed by atoms with E-state index in [1.165, 1.54) is 0 Å².